The molecule has 0 heterocycles. The number of rotatable bonds is 53. The van der Waals surface area contributed by atoms with E-state index in [2.05, 4.69) is 101 Å². The zero-order chi connectivity index (χ0) is 51.3. The van der Waals surface area contributed by atoms with Gasteiger partial charge in [-0.15, -0.1) is 0 Å². The van der Waals surface area contributed by atoms with E-state index in [9.17, 15) is 0 Å². The molecule has 0 fully saturated rings. The minimum absolute atomic E-state index is 0. The van der Waals surface area contributed by atoms with Crippen molar-refractivity contribution in [1.29, 1.82) is 0 Å². The van der Waals surface area contributed by atoms with Gasteiger partial charge in [0.05, 0.1) is 22.8 Å². The second-order valence-electron chi connectivity index (χ2n) is 22.3. The Kier molecular flexibility index (Phi) is 51.4. The van der Waals surface area contributed by atoms with Crippen LogP contribution in [0.4, 0.5) is 11.4 Å². The Morgan fingerprint density at radius 2 is 0.548 bits per heavy atom. The van der Waals surface area contributed by atoms with E-state index in [1.165, 1.54) is 292 Å². The fourth-order valence-corrected chi connectivity index (χ4v) is 10.4. The van der Waals surface area contributed by atoms with Gasteiger partial charge in [0.1, 0.15) is 0 Å². The average Bonchev–Trinajstić information content (AvgIpc) is 3.39. The number of unbranched alkanes of at least 4 members (excludes halogenated alkanes) is 42. The van der Waals surface area contributed by atoms with E-state index in [1.807, 2.05) is 0 Å². The van der Waals surface area contributed by atoms with Gasteiger partial charge in [-0.1, -0.05) is 333 Å². The molecule has 0 amide bonds. The maximum Gasteiger partial charge on any atom is 0.0639 e. The van der Waals surface area contributed by atoms with Gasteiger partial charge in [0, 0.05) is 16.5 Å². The van der Waals surface area contributed by atoms with E-state index in [0.29, 0.717) is 0 Å². The molecule has 0 saturated heterocycles. The van der Waals surface area contributed by atoms with Gasteiger partial charge in [0.15, 0.2) is 0 Å². The Labute approximate surface area is 466 Å². The monoisotopic (exact) mass is 1050 g/mol. The normalized spacial score (nSPS) is 12.2. The average molecular weight is 1050 g/mol. The third-order valence-electron chi connectivity index (χ3n) is 15.2. The number of nitrogens with zero attached hydrogens (tertiary/aromatic N) is 2. The van der Waals surface area contributed by atoms with E-state index >= 15 is 0 Å². The van der Waals surface area contributed by atoms with Crippen LogP contribution >= 0.6 is 0 Å². The molecule has 0 radical (unpaired) electrons. The quantitative estimate of drug-likeness (QED) is 0.0358. The molecule has 2 aromatic carbocycles. The number of hydrogen-bond donors (Lipinski definition) is 0. The van der Waals surface area contributed by atoms with Gasteiger partial charge in [-0.2, -0.15) is 0 Å². The zero-order valence-corrected chi connectivity index (χ0v) is 50.1. The molecule has 0 unspecified atom stereocenters. The predicted octanol–water partition coefficient (Wildman–Crippen LogP) is 25.4. The van der Waals surface area contributed by atoms with Crippen molar-refractivity contribution in [3.8, 4) is 0 Å². The molecule has 0 aliphatic rings. The van der Waals surface area contributed by atoms with E-state index in [4.69, 9.17) is 9.98 Å². The van der Waals surface area contributed by atoms with Crippen molar-refractivity contribution in [2.24, 2.45) is 9.98 Å². The molecular formula is C70H120N2Ni. The molecule has 0 aliphatic heterocycles. The van der Waals surface area contributed by atoms with Crippen LogP contribution in [0.15, 0.2) is 70.7 Å². The van der Waals surface area contributed by atoms with Crippen LogP contribution in [0, 0.1) is 0 Å². The number of aliphatic imine (C=N–C) groups is 2. The van der Waals surface area contributed by atoms with Gasteiger partial charge >= 0.3 is 0 Å². The largest absolute Gasteiger partial charge is 0.252 e. The Bertz CT molecular complexity index is 1580. The van der Waals surface area contributed by atoms with Gasteiger partial charge in [0.2, 0.25) is 0 Å². The molecule has 73 heavy (non-hydrogen) atoms. The first kappa shape index (κ1) is 68.8. The van der Waals surface area contributed by atoms with Crippen molar-refractivity contribution in [2.75, 3.05) is 0 Å². The standard InChI is InChI=1S/C70H120N2.Ni/c1-5-9-13-16-19-21-23-25-27-29-31-33-35-37-39-41-43-45-47-50-55-65-57-53-59-67(63-65)71-69(61-12-8-4)70(62-52-49-18-15-11-7-3)72-68-60-54-58-66(64-68)56-51-48-46-44-42-40-38-36-34-32-30-28-26-24-22-20-17-14-10-6-2;/h50-51,53-60,63-64H,5-49,52,61-62H2,1-4H3;. The SMILES string of the molecule is CCCCCCCCCCCCCCCCCCCCC=Cc1cccc(N=C(CCCC)C(CCCCCCCC)=Nc2cccc(C=CCCCCCCCCCCCCCCCCCCCC)c2)c1.[Ni]. The number of allylic oxidation sites excluding steroid dienone is 2. The van der Waals surface area contributed by atoms with Crippen molar-refractivity contribution < 1.29 is 16.5 Å². The van der Waals surface area contributed by atoms with Crippen LogP contribution in [0.25, 0.3) is 12.2 Å². The zero-order valence-electron chi connectivity index (χ0n) is 49.1. The molecule has 0 N–H and O–H groups in total. The van der Waals surface area contributed by atoms with Crippen molar-refractivity contribution in [3.05, 3.63) is 71.8 Å². The Balaban J connectivity index is 0.0000266. The summed E-state index contributed by atoms with van der Waals surface area (Å²) in [4.78, 5) is 10.8. The maximum atomic E-state index is 5.43. The third-order valence-corrected chi connectivity index (χ3v) is 15.2. The van der Waals surface area contributed by atoms with Gasteiger partial charge in [-0.25, -0.2) is 0 Å². The van der Waals surface area contributed by atoms with Crippen molar-refractivity contribution in [3.63, 3.8) is 0 Å². The summed E-state index contributed by atoms with van der Waals surface area (Å²) in [6.07, 6.45) is 75.1. The van der Waals surface area contributed by atoms with Crippen LogP contribution in [-0.4, -0.2) is 11.4 Å². The number of hydrogen-bond acceptors (Lipinski definition) is 2. The fraction of sp³-hybridized carbons (Fsp3) is 0.743. The molecule has 2 aromatic rings. The fourth-order valence-electron chi connectivity index (χ4n) is 10.4. The molecular weight excluding hydrogens is 927 g/mol. The first-order valence-electron chi connectivity index (χ1n) is 32.4. The minimum atomic E-state index is 0. The Hall–Kier alpha value is -2.25. The van der Waals surface area contributed by atoms with Crippen molar-refractivity contribution >= 4 is 35.0 Å². The molecule has 2 nitrogen and oxygen atoms in total. The van der Waals surface area contributed by atoms with Gasteiger partial charge in [-0.05, 0) is 86.8 Å². The molecule has 0 aliphatic carbocycles. The first-order valence-corrected chi connectivity index (χ1v) is 32.4. The summed E-state index contributed by atoms with van der Waals surface area (Å²) in [5.41, 5.74) is 7.01. The summed E-state index contributed by atoms with van der Waals surface area (Å²) in [5, 5.41) is 0. The van der Waals surface area contributed by atoms with Gasteiger partial charge in [0.25, 0.3) is 0 Å². The summed E-state index contributed by atoms with van der Waals surface area (Å²) in [7, 11) is 0. The van der Waals surface area contributed by atoms with E-state index < -0.39 is 0 Å². The molecule has 420 valence electrons. The summed E-state index contributed by atoms with van der Waals surface area (Å²) < 4.78 is 0. The van der Waals surface area contributed by atoms with Crippen molar-refractivity contribution in [1.82, 2.24) is 0 Å². The molecule has 0 saturated carbocycles. The molecule has 0 aromatic heterocycles. The summed E-state index contributed by atoms with van der Waals surface area (Å²) in [5.74, 6) is 0. The number of benzene rings is 2. The topological polar surface area (TPSA) is 24.7 Å². The van der Waals surface area contributed by atoms with Crippen LogP contribution in [-0.2, 0) is 16.5 Å². The van der Waals surface area contributed by atoms with E-state index in [-0.39, 0.29) is 16.5 Å². The molecule has 3 heteroatoms. The Morgan fingerprint density at radius 3 is 0.836 bits per heavy atom. The summed E-state index contributed by atoms with van der Waals surface area (Å²) >= 11 is 0. The first-order chi connectivity index (χ1) is 35.7. The van der Waals surface area contributed by atoms with Crippen LogP contribution in [0.3, 0.4) is 0 Å². The second kappa shape index (κ2) is 54.5. The molecule has 0 atom stereocenters. The molecule has 0 spiro atoms. The van der Waals surface area contributed by atoms with Crippen LogP contribution < -0.4 is 0 Å². The van der Waals surface area contributed by atoms with Crippen LogP contribution in [0.2, 0.25) is 0 Å². The smallest absolute Gasteiger partial charge is 0.0639 e. The minimum Gasteiger partial charge on any atom is -0.252 e. The van der Waals surface area contributed by atoms with Crippen molar-refractivity contribution in [2.45, 2.75) is 336 Å². The Morgan fingerprint density at radius 1 is 0.301 bits per heavy atom. The van der Waals surface area contributed by atoms with Gasteiger partial charge in [-0.3, -0.25) is 9.98 Å². The second-order valence-corrected chi connectivity index (χ2v) is 22.3. The van der Waals surface area contributed by atoms with Crippen LogP contribution in [0.1, 0.15) is 347 Å². The molecule has 2 rings (SSSR count). The van der Waals surface area contributed by atoms with E-state index in [0.717, 1.165) is 49.9 Å². The maximum absolute atomic E-state index is 5.43. The predicted molar refractivity (Wildman–Crippen MR) is 329 cm³/mol. The third kappa shape index (κ3) is 43.5. The van der Waals surface area contributed by atoms with Gasteiger partial charge < -0.3 is 0 Å². The molecule has 0 bridgehead atoms. The summed E-state index contributed by atoms with van der Waals surface area (Å²) in [6.45, 7) is 9.22. The van der Waals surface area contributed by atoms with E-state index in [1.54, 1.807) is 0 Å². The van der Waals surface area contributed by atoms with Crippen LogP contribution in [0.5, 0.6) is 0 Å². The summed E-state index contributed by atoms with van der Waals surface area (Å²) in [6, 6.07) is 17.8.